The second kappa shape index (κ2) is 3.13. The zero-order chi connectivity index (χ0) is 8.39. The largest absolute Gasteiger partial charge is 0.508 e. The van der Waals surface area contributed by atoms with Crippen molar-refractivity contribution in [1.29, 1.82) is 0 Å². The van der Waals surface area contributed by atoms with Crippen molar-refractivity contribution >= 4 is 0 Å². The maximum Gasteiger partial charge on any atom is 0.134 e. The highest BCUT2D eigenvalue weighted by molar-refractivity contribution is 5.27. The minimum Gasteiger partial charge on any atom is -0.508 e. The minimum atomic E-state index is 0.00519. The van der Waals surface area contributed by atoms with Crippen molar-refractivity contribution in [2.24, 2.45) is 0 Å². The van der Waals surface area contributed by atoms with E-state index in [9.17, 15) is 0 Å². The van der Waals surface area contributed by atoms with Gasteiger partial charge in [0.25, 0.3) is 0 Å². The highest BCUT2D eigenvalue weighted by Crippen LogP contribution is 2.19. The van der Waals surface area contributed by atoms with Gasteiger partial charge in [-0.3, -0.25) is 5.32 Å². The third-order valence-corrected chi connectivity index (χ3v) is 1.91. The molecule has 1 aromatic carbocycles. The number of phenolic OH excluding ortho intramolecular Hbond substituents is 1. The summed E-state index contributed by atoms with van der Waals surface area (Å²) >= 11 is 0. The van der Waals surface area contributed by atoms with Crippen molar-refractivity contribution in [3.8, 4) is 5.75 Å². The summed E-state index contributed by atoms with van der Waals surface area (Å²) < 4.78 is 5.39. The number of hydrogen-bond acceptors (Lipinski definition) is 3. The Morgan fingerprint density at radius 1 is 1.33 bits per heavy atom. The van der Waals surface area contributed by atoms with E-state index < -0.39 is 0 Å². The van der Waals surface area contributed by atoms with Gasteiger partial charge in [0.1, 0.15) is 12.0 Å². The molecule has 0 radical (unpaired) electrons. The van der Waals surface area contributed by atoms with Crippen LogP contribution in [-0.2, 0) is 4.74 Å². The molecular weight excluding hydrogens is 154 g/mol. The zero-order valence-corrected chi connectivity index (χ0v) is 6.66. The molecule has 3 heteroatoms. The standard InChI is InChI=1S/C9H11NO2/c11-8-3-1-7(2-4-8)9-10-5-6-12-9/h1-4,9-11H,5-6H2. The van der Waals surface area contributed by atoms with Crippen molar-refractivity contribution < 1.29 is 9.84 Å². The predicted molar refractivity (Wildman–Crippen MR) is 44.8 cm³/mol. The molecule has 1 aliphatic rings. The summed E-state index contributed by atoms with van der Waals surface area (Å²) in [5, 5.41) is 12.2. The van der Waals surface area contributed by atoms with Crippen molar-refractivity contribution in [2.45, 2.75) is 6.23 Å². The van der Waals surface area contributed by atoms with Crippen LogP contribution in [0, 0.1) is 0 Å². The third kappa shape index (κ3) is 1.42. The van der Waals surface area contributed by atoms with Crippen LogP contribution in [0.4, 0.5) is 0 Å². The number of rotatable bonds is 1. The van der Waals surface area contributed by atoms with Crippen molar-refractivity contribution in [1.82, 2.24) is 5.32 Å². The molecule has 0 amide bonds. The molecule has 12 heavy (non-hydrogen) atoms. The summed E-state index contributed by atoms with van der Waals surface area (Å²) in [7, 11) is 0. The molecule has 0 aliphatic carbocycles. The summed E-state index contributed by atoms with van der Waals surface area (Å²) in [5.41, 5.74) is 1.06. The molecule has 64 valence electrons. The second-order valence-corrected chi connectivity index (χ2v) is 2.80. The van der Waals surface area contributed by atoms with Crippen LogP contribution in [0.15, 0.2) is 24.3 Å². The van der Waals surface area contributed by atoms with E-state index in [4.69, 9.17) is 9.84 Å². The van der Waals surface area contributed by atoms with Crippen molar-refractivity contribution in [3.63, 3.8) is 0 Å². The van der Waals surface area contributed by atoms with Gasteiger partial charge in [-0.25, -0.2) is 0 Å². The van der Waals surface area contributed by atoms with Crippen LogP contribution < -0.4 is 5.32 Å². The fourth-order valence-corrected chi connectivity index (χ4v) is 1.29. The van der Waals surface area contributed by atoms with Gasteiger partial charge < -0.3 is 9.84 Å². The number of nitrogens with one attached hydrogen (secondary N) is 1. The molecule has 2 N–H and O–H groups in total. The fraction of sp³-hybridized carbons (Fsp3) is 0.333. The minimum absolute atomic E-state index is 0.00519. The first-order valence-corrected chi connectivity index (χ1v) is 4.00. The normalized spacial score (nSPS) is 22.8. The van der Waals surface area contributed by atoms with Crippen LogP contribution in [0.1, 0.15) is 11.8 Å². The summed E-state index contributed by atoms with van der Waals surface area (Å²) in [6.07, 6.45) is 0.00519. The lowest BCUT2D eigenvalue weighted by Crippen LogP contribution is -2.13. The van der Waals surface area contributed by atoms with Crippen LogP contribution in [-0.4, -0.2) is 18.3 Å². The molecule has 1 fully saturated rings. The van der Waals surface area contributed by atoms with Gasteiger partial charge in [-0.15, -0.1) is 0 Å². The van der Waals surface area contributed by atoms with E-state index >= 15 is 0 Å². The molecule has 1 aliphatic heterocycles. The lowest BCUT2D eigenvalue weighted by molar-refractivity contribution is 0.102. The van der Waals surface area contributed by atoms with E-state index in [1.165, 1.54) is 0 Å². The Balaban J connectivity index is 2.17. The maximum absolute atomic E-state index is 9.04. The van der Waals surface area contributed by atoms with E-state index in [1.54, 1.807) is 12.1 Å². The number of phenols is 1. The first-order chi connectivity index (χ1) is 5.86. The third-order valence-electron chi connectivity index (χ3n) is 1.91. The van der Waals surface area contributed by atoms with Gasteiger partial charge in [0.2, 0.25) is 0 Å². The summed E-state index contributed by atoms with van der Waals surface area (Å²) in [6.45, 7) is 1.65. The average molecular weight is 165 g/mol. The monoisotopic (exact) mass is 165 g/mol. The van der Waals surface area contributed by atoms with Crippen LogP contribution in [0.5, 0.6) is 5.75 Å². The van der Waals surface area contributed by atoms with E-state index in [0.29, 0.717) is 0 Å². The Morgan fingerprint density at radius 3 is 2.67 bits per heavy atom. The number of ether oxygens (including phenoxy) is 1. The molecule has 0 spiro atoms. The highest BCUT2D eigenvalue weighted by Gasteiger charge is 2.15. The quantitative estimate of drug-likeness (QED) is 0.652. The fourth-order valence-electron chi connectivity index (χ4n) is 1.29. The summed E-state index contributed by atoms with van der Waals surface area (Å²) in [4.78, 5) is 0. The summed E-state index contributed by atoms with van der Waals surface area (Å²) in [6, 6.07) is 7.05. The van der Waals surface area contributed by atoms with E-state index in [1.807, 2.05) is 12.1 Å². The summed E-state index contributed by atoms with van der Waals surface area (Å²) in [5.74, 6) is 0.289. The lowest BCUT2D eigenvalue weighted by atomic mass is 10.2. The molecule has 0 bridgehead atoms. The highest BCUT2D eigenvalue weighted by atomic mass is 16.5. The van der Waals surface area contributed by atoms with Gasteiger partial charge in [-0.2, -0.15) is 0 Å². The molecule has 3 nitrogen and oxygen atoms in total. The first kappa shape index (κ1) is 7.58. The Kier molecular flexibility index (Phi) is 1.98. The van der Waals surface area contributed by atoms with Crippen molar-refractivity contribution in [3.05, 3.63) is 29.8 Å². The Hall–Kier alpha value is -1.06. The van der Waals surface area contributed by atoms with E-state index in [0.717, 1.165) is 18.7 Å². The van der Waals surface area contributed by atoms with Gasteiger partial charge in [0.05, 0.1) is 6.61 Å². The number of benzene rings is 1. The molecule has 1 aromatic rings. The molecular formula is C9H11NO2. The maximum atomic E-state index is 9.04. The van der Waals surface area contributed by atoms with Gasteiger partial charge in [-0.05, 0) is 17.7 Å². The lowest BCUT2D eigenvalue weighted by Gasteiger charge is -2.09. The van der Waals surface area contributed by atoms with Crippen molar-refractivity contribution in [2.75, 3.05) is 13.2 Å². The molecule has 1 unspecified atom stereocenters. The first-order valence-electron chi connectivity index (χ1n) is 4.00. The van der Waals surface area contributed by atoms with Gasteiger partial charge in [0.15, 0.2) is 0 Å². The number of hydrogen-bond donors (Lipinski definition) is 2. The van der Waals surface area contributed by atoms with Crippen LogP contribution in [0.25, 0.3) is 0 Å². The average Bonchev–Trinajstić information content (AvgIpc) is 2.58. The Bertz CT molecular complexity index is 252. The predicted octanol–water partition coefficient (Wildman–Crippen LogP) is 1.01. The molecule has 1 heterocycles. The second-order valence-electron chi connectivity index (χ2n) is 2.80. The zero-order valence-electron chi connectivity index (χ0n) is 6.66. The van der Waals surface area contributed by atoms with E-state index in [2.05, 4.69) is 5.32 Å². The van der Waals surface area contributed by atoms with Gasteiger partial charge in [-0.1, -0.05) is 12.1 Å². The molecule has 2 rings (SSSR count). The van der Waals surface area contributed by atoms with Crippen LogP contribution in [0.2, 0.25) is 0 Å². The Labute approximate surface area is 71.0 Å². The topological polar surface area (TPSA) is 41.5 Å². The SMILES string of the molecule is Oc1ccc(C2NCCO2)cc1. The van der Waals surface area contributed by atoms with Crippen LogP contribution in [0.3, 0.4) is 0 Å². The molecule has 0 saturated carbocycles. The smallest absolute Gasteiger partial charge is 0.134 e. The van der Waals surface area contributed by atoms with Gasteiger partial charge in [0, 0.05) is 6.54 Å². The molecule has 1 saturated heterocycles. The molecule has 0 aromatic heterocycles. The van der Waals surface area contributed by atoms with E-state index in [-0.39, 0.29) is 12.0 Å². The van der Waals surface area contributed by atoms with Gasteiger partial charge >= 0.3 is 0 Å². The van der Waals surface area contributed by atoms with Crippen LogP contribution >= 0.6 is 0 Å². The number of aromatic hydroxyl groups is 1. The molecule has 1 atom stereocenters. The Morgan fingerprint density at radius 2 is 2.08 bits per heavy atom.